The van der Waals surface area contributed by atoms with Crippen LogP contribution in [0.5, 0.6) is 0 Å². The maximum Gasteiger partial charge on any atom is 0.472 e. The van der Waals surface area contributed by atoms with Gasteiger partial charge in [0, 0.05) is 25.7 Å². The zero-order valence-corrected chi connectivity index (χ0v) is 65.9. The molecule has 0 heterocycles. The van der Waals surface area contributed by atoms with E-state index >= 15 is 0 Å². The molecule has 0 bridgehead atoms. The average molecular weight is 1440 g/mol. The van der Waals surface area contributed by atoms with Gasteiger partial charge in [-0.1, -0.05) is 363 Å². The molecule has 582 valence electrons. The van der Waals surface area contributed by atoms with E-state index in [-0.39, 0.29) is 25.7 Å². The predicted molar refractivity (Wildman–Crippen MR) is 400 cm³/mol. The first-order valence-electron chi connectivity index (χ1n) is 41.0. The van der Waals surface area contributed by atoms with Crippen LogP contribution in [0, 0.1) is 11.8 Å². The molecule has 0 radical (unpaired) electrons. The van der Waals surface area contributed by atoms with E-state index in [1.165, 1.54) is 231 Å². The van der Waals surface area contributed by atoms with Gasteiger partial charge in [0.05, 0.1) is 26.4 Å². The molecular formula is C79H154O17P2. The molecule has 0 aliphatic heterocycles. The van der Waals surface area contributed by atoms with Crippen LogP contribution in [-0.2, 0) is 65.4 Å². The fourth-order valence-electron chi connectivity index (χ4n) is 12.2. The molecule has 0 aliphatic rings. The standard InChI is InChI=1S/C79H154O17P2/c1-7-10-12-14-16-18-20-21-27-33-39-45-51-57-63-78(83)95-74(67-89-76(81)61-55-49-43-37-19-17-15-13-11-8-2)69-93-97(85,86)91-65-73(80)66-92-98(87,88)94-70-75(68-90-77(82)62-56-50-44-38-32-29-24-25-30-35-41-47-53-59-71(4)5)96-79(84)64-58-52-46-40-34-28-23-22-26-31-36-42-48-54-60-72(6)9-3/h71-75,80H,7-70H2,1-6H3,(H,85,86)(H,87,88)/t72?,73-,74+,75+/m0/s1. The summed E-state index contributed by atoms with van der Waals surface area (Å²) in [5.41, 5.74) is 0. The second kappa shape index (κ2) is 70.7. The van der Waals surface area contributed by atoms with Crippen molar-refractivity contribution in [2.45, 2.75) is 432 Å². The minimum atomic E-state index is -4.96. The largest absolute Gasteiger partial charge is 0.472 e. The summed E-state index contributed by atoms with van der Waals surface area (Å²) < 4.78 is 68.6. The van der Waals surface area contributed by atoms with Crippen molar-refractivity contribution in [2.75, 3.05) is 39.6 Å². The molecule has 0 spiro atoms. The van der Waals surface area contributed by atoms with Crippen LogP contribution >= 0.6 is 15.6 Å². The van der Waals surface area contributed by atoms with Crippen molar-refractivity contribution in [1.82, 2.24) is 0 Å². The normalized spacial score (nSPS) is 14.2. The molecule has 98 heavy (non-hydrogen) atoms. The topological polar surface area (TPSA) is 237 Å². The van der Waals surface area contributed by atoms with Gasteiger partial charge in [-0.25, -0.2) is 9.13 Å². The molecule has 6 atom stereocenters. The number of phosphoric acid groups is 2. The van der Waals surface area contributed by atoms with Crippen LogP contribution in [0.15, 0.2) is 0 Å². The second-order valence-corrected chi connectivity index (χ2v) is 32.1. The number of carbonyl (C=O) groups excluding carboxylic acids is 4. The Hall–Kier alpha value is -1.94. The maximum atomic E-state index is 13.1. The molecule has 0 amide bonds. The average Bonchev–Trinajstić information content (AvgIpc) is 0.938. The van der Waals surface area contributed by atoms with E-state index in [1.54, 1.807) is 0 Å². The van der Waals surface area contributed by atoms with Crippen LogP contribution in [0.25, 0.3) is 0 Å². The number of esters is 4. The Labute approximate surface area is 600 Å². The molecule has 0 rings (SSSR count). The highest BCUT2D eigenvalue weighted by molar-refractivity contribution is 7.47. The monoisotopic (exact) mass is 1440 g/mol. The Morgan fingerprint density at radius 1 is 0.296 bits per heavy atom. The number of unbranched alkanes of at least 4 members (excludes halogenated alkanes) is 47. The Balaban J connectivity index is 5.25. The first kappa shape index (κ1) is 96.1. The lowest BCUT2D eigenvalue weighted by atomic mass is 9.99. The molecule has 0 aromatic rings. The van der Waals surface area contributed by atoms with Crippen molar-refractivity contribution < 1.29 is 80.2 Å². The summed E-state index contributed by atoms with van der Waals surface area (Å²) in [6, 6.07) is 0. The summed E-state index contributed by atoms with van der Waals surface area (Å²) in [6.07, 6.45) is 59.4. The molecule has 0 aromatic heterocycles. The predicted octanol–water partition coefficient (Wildman–Crippen LogP) is 23.5. The number of phosphoric ester groups is 2. The van der Waals surface area contributed by atoms with Crippen molar-refractivity contribution in [3.8, 4) is 0 Å². The third-order valence-corrected chi connectivity index (χ3v) is 20.7. The van der Waals surface area contributed by atoms with E-state index < -0.39 is 97.5 Å². The minimum absolute atomic E-state index is 0.108. The van der Waals surface area contributed by atoms with Crippen LogP contribution in [0.1, 0.15) is 414 Å². The molecule has 0 saturated carbocycles. The maximum absolute atomic E-state index is 13.1. The van der Waals surface area contributed by atoms with Crippen molar-refractivity contribution in [1.29, 1.82) is 0 Å². The van der Waals surface area contributed by atoms with Gasteiger partial charge in [0.2, 0.25) is 0 Å². The lowest BCUT2D eigenvalue weighted by Gasteiger charge is -2.21. The molecule has 3 N–H and O–H groups in total. The minimum Gasteiger partial charge on any atom is -0.462 e. The third-order valence-electron chi connectivity index (χ3n) is 18.8. The van der Waals surface area contributed by atoms with Gasteiger partial charge in [-0.3, -0.25) is 37.3 Å². The van der Waals surface area contributed by atoms with Crippen LogP contribution in [-0.4, -0.2) is 96.7 Å². The number of hydrogen-bond donors (Lipinski definition) is 3. The van der Waals surface area contributed by atoms with Crippen molar-refractivity contribution in [2.24, 2.45) is 11.8 Å². The fourth-order valence-corrected chi connectivity index (χ4v) is 13.7. The van der Waals surface area contributed by atoms with Gasteiger partial charge in [-0.2, -0.15) is 0 Å². The molecule has 3 unspecified atom stereocenters. The SMILES string of the molecule is CCCCCCCCCCCCCCCCC(=O)O[C@H](COC(=O)CCCCCCCCCCCC)COP(=O)(O)OC[C@H](O)COP(=O)(O)OC[C@@H](COC(=O)CCCCCCCCCCCCCCCC(C)C)OC(=O)CCCCCCCCCCCCCCCCC(C)CC. The van der Waals surface area contributed by atoms with E-state index in [2.05, 4.69) is 41.5 Å². The zero-order valence-electron chi connectivity index (χ0n) is 64.1. The van der Waals surface area contributed by atoms with Gasteiger partial charge in [-0.15, -0.1) is 0 Å². The van der Waals surface area contributed by atoms with Gasteiger partial charge < -0.3 is 33.8 Å². The molecule has 0 fully saturated rings. The van der Waals surface area contributed by atoms with Crippen LogP contribution in [0.4, 0.5) is 0 Å². The first-order valence-corrected chi connectivity index (χ1v) is 44.0. The van der Waals surface area contributed by atoms with Gasteiger partial charge in [0.1, 0.15) is 19.3 Å². The highest BCUT2D eigenvalue weighted by atomic mass is 31.2. The van der Waals surface area contributed by atoms with Gasteiger partial charge >= 0.3 is 39.5 Å². The van der Waals surface area contributed by atoms with Crippen molar-refractivity contribution >= 4 is 39.5 Å². The second-order valence-electron chi connectivity index (χ2n) is 29.2. The summed E-state index contributed by atoms with van der Waals surface area (Å²) in [4.78, 5) is 72.9. The van der Waals surface area contributed by atoms with E-state index in [9.17, 15) is 43.2 Å². The smallest absolute Gasteiger partial charge is 0.462 e. The molecule has 17 nitrogen and oxygen atoms in total. The van der Waals surface area contributed by atoms with Crippen LogP contribution in [0.3, 0.4) is 0 Å². The van der Waals surface area contributed by atoms with E-state index in [4.69, 9.17) is 37.0 Å². The number of carbonyl (C=O) groups is 4. The summed E-state index contributed by atoms with van der Waals surface area (Å²) in [5, 5.41) is 10.6. The molecule has 19 heteroatoms. The summed E-state index contributed by atoms with van der Waals surface area (Å²) in [7, 11) is -9.92. The van der Waals surface area contributed by atoms with Gasteiger partial charge in [-0.05, 0) is 37.5 Å². The number of aliphatic hydroxyl groups is 1. The number of hydrogen-bond acceptors (Lipinski definition) is 15. The highest BCUT2D eigenvalue weighted by Crippen LogP contribution is 2.45. The fraction of sp³-hybridized carbons (Fsp3) is 0.949. The highest BCUT2D eigenvalue weighted by Gasteiger charge is 2.30. The Morgan fingerprint density at radius 2 is 0.520 bits per heavy atom. The first-order chi connectivity index (χ1) is 47.4. The van der Waals surface area contributed by atoms with Crippen molar-refractivity contribution in [3.05, 3.63) is 0 Å². The molecule has 0 aromatic carbocycles. The van der Waals surface area contributed by atoms with E-state index in [0.29, 0.717) is 25.7 Å². The lowest BCUT2D eigenvalue weighted by molar-refractivity contribution is -0.161. The lowest BCUT2D eigenvalue weighted by Crippen LogP contribution is -2.30. The van der Waals surface area contributed by atoms with Crippen LogP contribution in [0.2, 0.25) is 0 Å². The quantitative estimate of drug-likeness (QED) is 0.0222. The molecular weight excluding hydrogens is 1280 g/mol. The number of rotatable bonds is 78. The summed E-state index contributed by atoms with van der Waals surface area (Å²) in [5.74, 6) is -0.472. The zero-order chi connectivity index (χ0) is 72.1. The Kier molecular flexibility index (Phi) is 69.3. The van der Waals surface area contributed by atoms with Crippen molar-refractivity contribution in [3.63, 3.8) is 0 Å². The van der Waals surface area contributed by atoms with E-state index in [0.717, 1.165) is 102 Å². The third kappa shape index (κ3) is 71.1. The molecule has 0 aliphatic carbocycles. The van der Waals surface area contributed by atoms with Gasteiger partial charge in [0.15, 0.2) is 12.2 Å². The number of ether oxygens (including phenoxy) is 4. The van der Waals surface area contributed by atoms with Crippen LogP contribution < -0.4 is 0 Å². The summed E-state index contributed by atoms with van der Waals surface area (Å²) in [6.45, 7) is 9.69. The summed E-state index contributed by atoms with van der Waals surface area (Å²) >= 11 is 0. The Morgan fingerprint density at radius 3 is 0.776 bits per heavy atom. The molecule has 0 saturated heterocycles. The number of aliphatic hydroxyl groups excluding tert-OH is 1. The van der Waals surface area contributed by atoms with E-state index in [1.807, 2.05) is 0 Å². The van der Waals surface area contributed by atoms with Gasteiger partial charge in [0.25, 0.3) is 0 Å². The Bertz CT molecular complexity index is 1890.